The molecule has 2 rings (SSSR count). The van der Waals surface area contributed by atoms with Crippen molar-refractivity contribution in [3.63, 3.8) is 0 Å². The molecule has 0 spiro atoms. The maximum atomic E-state index is 6.73. The van der Waals surface area contributed by atoms with Gasteiger partial charge in [-0.1, -0.05) is 44.9 Å². The largest absolute Gasteiger partial charge is 0.118 e. The second-order valence-corrected chi connectivity index (χ2v) is 6.09. The molecule has 0 fully saturated rings. The van der Waals surface area contributed by atoms with Gasteiger partial charge in [-0.15, -0.1) is 11.6 Å². The van der Waals surface area contributed by atoms with E-state index in [0.29, 0.717) is 5.92 Å². The lowest BCUT2D eigenvalue weighted by molar-refractivity contribution is 0.426. The molecule has 0 saturated heterocycles. The van der Waals surface area contributed by atoms with E-state index in [1.54, 1.807) is 11.1 Å². The first-order valence-electron chi connectivity index (χ1n) is 7.52. The van der Waals surface area contributed by atoms with Crippen molar-refractivity contribution in [1.29, 1.82) is 0 Å². The Labute approximate surface area is 117 Å². The summed E-state index contributed by atoms with van der Waals surface area (Å²) in [5, 5.41) is 0.204. The Morgan fingerprint density at radius 1 is 1.06 bits per heavy atom. The predicted octanol–water partition coefficient (Wildman–Crippen LogP) is 5.67. The minimum atomic E-state index is 0.204. The Hall–Kier alpha value is -0.490. The average Bonchev–Trinajstić information content (AvgIpc) is 2.84. The number of fused-ring (bicyclic) bond motifs is 1. The van der Waals surface area contributed by atoms with Crippen LogP contribution in [0.5, 0.6) is 0 Å². The zero-order chi connectivity index (χ0) is 13.0. The van der Waals surface area contributed by atoms with Crippen molar-refractivity contribution in [2.24, 2.45) is 5.92 Å². The summed E-state index contributed by atoms with van der Waals surface area (Å²) in [5.41, 5.74) is 4.44. The number of aryl methyl sites for hydroxylation is 2. The van der Waals surface area contributed by atoms with Crippen molar-refractivity contribution >= 4 is 11.6 Å². The van der Waals surface area contributed by atoms with E-state index >= 15 is 0 Å². The smallest absolute Gasteiger partial charge is 0.0613 e. The average molecular weight is 265 g/mol. The predicted molar refractivity (Wildman–Crippen MR) is 80.4 cm³/mol. The third-order valence-electron chi connectivity index (χ3n) is 4.17. The Bertz CT molecular complexity index is 377. The van der Waals surface area contributed by atoms with Crippen molar-refractivity contribution in [2.45, 2.75) is 64.2 Å². The van der Waals surface area contributed by atoms with Crippen LogP contribution in [0.25, 0.3) is 0 Å². The van der Waals surface area contributed by atoms with Crippen LogP contribution in [0.3, 0.4) is 0 Å². The Morgan fingerprint density at radius 2 is 1.72 bits per heavy atom. The summed E-state index contributed by atoms with van der Waals surface area (Å²) in [6.07, 6.45) is 8.80. The fourth-order valence-corrected chi connectivity index (χ4v) is 3.60. The SMILES string of the molecule is CCCC(CCC)C(Cl)c1ccc2c(c1)CCC2. The molecule has 100 valence electrons. The van der Waals surface area contributed by atoms with Gasteiger partial charge in [0.25, 0.3) is 0 Å². The Kier molecular flexibility index (Phi) is 5.12. The van der Waals surface area contributed by atoms with E-state index in [4.69, 9.17) is 11.6 Å². The van der Waals surface area contributed by atoms with E-state index < -0.39 is 0 Å². The van der Waals surface area contributed by atoms with Gasteiger partial charge >= 0.3 is 0 Å². The minimum Gasteiger partial charge on any atom is -0.118 e. The van der Waals surface area contributed by atoms with E-state index in [9.17, 15) is 0 Å². The standard InChI is InChI=1S/C17H25Cl/c1-3-6-14(7-4-2)17(18)16-11-10-13-8-5-9-15(13)12-16/h10-12,14,17H,3-9H2,1-2H3. The lowest BCUT2D eigenvalue weighted by Crippen LogP contribution is -2.08. The van der Waals surface area contributed by atoms with Gasteiger partial charge in [-0.25, -0.2) is 0 Å². The molecular formula is C17H25Cl. The summed E-state index contributed by atoms with van der Waals surface area (Å²) < 4.78 is 0. The van der Waals surface area contributed by atoms with Gasteiger partial charge in [0.15, 0.2) is 0 Å². The van der Waals surface area contributed by atoms with Crippen LogP contribution in [0.15, 0.2) is 18.2 Å². The molecule has 0 nitrogen and oxygen atoms in total. The highest BCUT2D eigenvalue weighted by Gasteiger charge is 2.21. The van der Waals surface area contributed by atoms with Crippen LogP contribution in [0.4, 0.5) is 0 Å². The second kappa shape index (κ2) is 6.61. The third kappa shape index (κ3) is 3.09. The van der Waals surface area contributed by atoms with Crippen molar-refractivity contribution in [3.8, 4) is 0 Å². The van der Waals surface area contributed by atoms with Crippen LogP contribution >= 0.6 is 11.6 Å². The van der Waals surface area contributed by atoms with Crippen molar-refractivity contribution in [1.82, 2.24) is 0 Å². The molecule has 1 aliphatic rings. The highest BCUT2D eigenvalue weighted by Crippen LogP contribution is 2.37. The first-order chi connectivity index (χ1) is 8.76. The molecule has 1 aliphatic carbocycles. The first-order valence-corrected chi connectivity index (χ1v) is 7.95. The summed E-state index contributed by atoms with van der Waals surface area (Å²) in [7, 11) is 0. The number of hydrogen-bond donors (Lipinski definition) is 0. The summed E-state index contributed by atoms with van der Waals surface area (Å²) >= 11 is 6.73. The molecule has 0 aromatic heterocycles. The summed E-state index contributed by atoms with van der Waals surface area (Å²) in [6.45, 7) is 4.52. The molecule has 0 radical (unpaired) electrons. The summed E-state index contributed by atoms with van der Waals surface area (Å²) in [5.74, 6) is 0.640. The lowest BCUT2D eigenvalue weighted by Gasteiger charge is -2.22. The second-order valence-electron chi connectivity index (χ2n) is 5.62. The van der Waals surface area contributed by atoms with E-state index in [0.717, 1.165) is 0 Å². The molecule has 0 amide bonds. The zero-order valence-corrected chi connectivity index (χ0v) is 12.5. The van der Waals surface area contributed by atoms with Crippen molar-refractivity contribution < 1.29 is 0 Å². The van der Waals surface area contributed by atoms with Gasteiger partial charge in [0, 0.05) is 0 Å². The Morgan fingerprint density at radius 3 is 2.39 bits per heavy atom. The van der Waals surface area contributed by atoms with E-state index in [1.807, 2.05) is 0 Å². The van der Waals surface area contributed by atoms with E-state index in [1.165, 1.54) is 50.5 Å². The molecule has 0 aliphatic heterocycles. The molecule has 18 heavy (non-hydrogen) atoms. The number of hydrogen-bond acceptors (Lipinski definition) is 0. The lowest BCUT2D eigenvalue weighted by atomic mass is 9.89. The van der Waals surface area contributed by atoms with E-state index in [-0.39, 0.29) is 5.38 Å². The van der Waals surface area contributed by atoms with Gasteiger partial charge in [0.05, 0.1) is 5.38 Å². The minimum absolute atomic E-state index is 0.204. The van der Waals surface area contributed by atoms with Gasteiger partial charge in [0.2, 0.25) is 0 Å². The molecule has 1 aromatic carbocycles. The summed E-state index contributed by atoms with van der Waals surface area (Å²) in [6, 6.07) is 6.94. The molecule has 1 heteroatoms. The molecule has 0 bridgehead atoms. The highest BCUT2D eigenvalue weighted by molar-refractivity contribution is 6.21. The molecule has 1 aromatic rings. The third-order valence-corrected chi connectivity index (χ3v) is 4.78. The molecule has 0 saturated carbocycles. The number of rotatable bonds is 6. The number of halogens is 1. The molecule has 1 unspecified atom stereocenters. The maximum Gasteiger partial charge on any atom is 0.0613 e. The number of benzene rings is 1. The fraction of sp³-hybridized carbons (Fsp3) is 0.647. The van der Waals surface area contributed by atoms with Crippen LogP contribution in [0.1, 0.15) is 68.0 Å². The highest BCUT2D eigenvalue weighted by atomic mass is 35.5. The maximum absolute atomic E-state index is 6.73. The quantitative estimate of drug-likeness (QED) is 0.581. The normalized spacial score (nSPS) is 16.0. The van der Waals surface area contributed by atoms with Gasteiger partial charge in [0.1, 0.15) is 0 Å². The monoisotopic (exact) mass is 264 g/mol. The molecule has 0 N–H and O–H groups in total. The van der Waals surface area contributed by atoms with Crippen molar-refractivity contribution in [3.05, 3.63) is 34.9 Å². The zero-order valence-electron chi connectivity index (χ0n) is 11.7. The van der Waals surface area contributed by atoms with Crippen LogP contribution < -0.4 is 0 Å². The molecule has 0 heterocycles. The van der Waals surface area contributed by atoms with Crippen LogP contribution in [-0.4, -0.2) is 0 Å². The number of alkyl halides is 1. The van der Waals surface area contributed by atoms with Gasteiger partial charge in [-0.3, -0.25) is 0 Å². The van der Waals surface area contributed by atoms with Gasteiger partial charge in [-0.05, 0) is 54.7 Å². The van der Waals surface area contributed by atoms with Crippen LogP contribution in [-0.2, 0) is 12.8 Å². The van der Waals surface area contributed by atoms with Crippen LogP contribution in [0, 0.1) is 5.92 Å². The van der Waals surface area contributed by atoms with E-state index in [2.05, 4.69) is 32.0 Å². The topological polar surface area (TPSA) is 0 Å². The fourth-order valence-electron chi connectivity index (χ4n) is 3.21. The Balaban J connectivity index is 2.13. The summed E-state index contributed by atoms with van der Waals surface area (Å²) in [4.78, 5) is 0. The van der Waals surface area contributed by atoms with Gasteiger partial charge < -0.3 is 0 Å². The van der Waals surface area contributed by atoms with Crippen LogP contribution in [0.2, 0.25) is 0 Å². The first kappa shape index (κ1) is 13.9. The molecular weight excluding hydrogens is 240 g/mol. The van der Waals surface area contributed by atoms with Crippen molar-refractivity contribution in [2.75, 3.05) is 0 Å². The van der Waals surface area contributed by atoms with Gasteiger partial charge in [-0.2, -0.15) is 0 Å². The molecule has 1 atom stereocenters.